The van der Waals surface area contributed by atoms with Gasteiger partial charge in [0.15, 0.2) is 0 Å². The Kier molecular flexibility index (Phi) is 5.44. The Morgan fingerprint density at radius 1 is 1.07 bits per heavy atom. The molecule has 2 aliphatic rings. The summed E-state index contributed by atoms with van der Waals surface area (Å²) >= 11 is 0. The lowest BCUT2D eigenvalue weighted by molar-refractivity contribution is -0.125. The third-order valence-corrected chi connectivity index (χ3v) is 5.98. The minimum absolute atomic E-state index is 0.102. The summed E-state index contributed by atoms with van der Waals surface area (Å²) in [6, 6.07) is 14.4. The van der Waals surface area contributed by atoms with Crippen molar-refractivity contribution in [2.24, 2.45) is 5.41 Å². The van der Waals surface area contributed by atoms with Gasteiger partial charge in [0.25, 0.3) is 0 Å². The topological polar surface area (TPSA) is 36.7 Å². The smallest absolute Gasteiger partial charge is 0.246 e. The highest BCUT2D eigenvalue weighted by molar-refractivity contribution is 5.91. The fourth-order valence-electron chi connectivity index (χ4n) is 4.53. The molecule has 0 bridgehead atoms. The molecule has 1 aromatic heterocycles. The summed E-state index contributed by atoms with van der Waals surface area (Å²) in [5.41, 5.74) is 1.69. The van der Waals surface area contributed by atoms with Crippen molar-refractivity contribution in [1.82, 2.24) is 9.80 Å². The Labute approximate surface area is 161 Å². The fourth-order valence-corrected chi connectivity index (χ4v) is 4.53. The molecule has 2 aliphatic heterocycles. The summed E-state index contributed by atoms with van der Waals surface area (Å²) < 4.78 is 5.27. The summed E-state index contributed by atoms with van der Waals surface area (Å²) in [7, 11) is 0. The molecule has 0 N–H and O–H groups in total. The first-order chi connectivity index (χ1) is 13.2. The zero-order valence-electron chi connectivity index (χ0n) is 15.8. The zero-order valence-corrected chi connectivity index (χ0v) is 15.8. The van der Waals surface area contributed by atoms with Gasteiger partial charge in [0.2, 0.25) is 5.91 Å². The van der Waals surface area contributed by atoms with Crippen LogP contribution in [0.3, 0.4) is 0 Å². The van der Waals surface area contributed by atoms with Crippen LogP contribution in [0.1, 0.15) is 30.6 Å². The van der Waals surface area contributed by atoms with Gasteiger partial charge < -0.3 is 14.2 Å². The van der Waals surface area contributed by atoms with E-state index in [1.807, 2.05) is 17.0 Å². The Morgan fingerprint density at radius 2 is 1.96 bits per heavy atom. The van der Waals surface area contributed by atoms with Crippen molar-refractivity contribution in [3.8, 4) is 0 Å². The number of hydrogen-bond acceptors (Lipinski definition) is 3. The first-order valence-electron chi connectivity index (χ1n) is 9.99. The lowest BCUT2D eigenvalue weighted by atomic mass is 9.79. The normalized spacial score (nSPS) is 23.5. The van der Waals surface area contributed by atoms with Gasteiger partial charge in [-0.05, 0) is 56.0 Å². The maximum absolute atomic E-state index is 12.5. The van der Waals surface area contributed by atoms with Crippen LogP contribution in [0.2, 0.25) is 0 Å². The second kappa shape index (κ2) is 8.13. The number of carbonyl (C=O) groups is 1. The first-order valence-corrected chi connectivity index (χ1v) is 9.99. The van der Waals surface area contributed by atoms with Crippen molar-refractivity contribution in [2.75, 3.05) is 32.7 Å². The highest BCUT2D eigenvalue weighted by atomic mass is 16.3. The second-order valence-electron chi connectivity index (χ2n) is 7.97. The van der Waals surface area contributed by atoms with Crippen molar-refractivity contribution in [1.29, 1.82) is 0 Å². The number of hydrogen-bond donors (Lipinski definition) is 0. The molecule has 0 aliphatic carbocycles. The van der Waals surface area contributed by atoms with E-state index in [1.165, 1.54) is 24.9 Å². The molecule has 1 atom stereocenters. The van der Waals surface area contributed by atoms with E-state index in [-0.39, 0.29) is 11.3 Å². The molecule has 0 unspecified atom stereocenters. The summed E-state index contributed by atoms with van der Waals surface area (Å²) in [4.78, 5) is 17.2. The molecule has 2 aromatic rings. The van der Waals surface area contributed by atoms with Crippen LogP contribution in [0.25, 0.3) is 6.08 Å². The Balaban J connectivity index is 1.31. The highest BCUT2D eigenvalue weighted by Gasteiger charge is 2.42. The lowest BCUT2D eigenvalue weighted by Crippen LogP contribution is -2.45. The molecule has 0 radical (unpaired) electrons. The minimum atomic E-state index is 0.102. The Bertz CT molecular complexity index is 769. The molecular formula is C23H28N2O2. The summed E-state index contributed by atoms with van der Waals surface area (Å²) in [5.74, 6) is 0.826. The van der Waals surface area contributed by atoms with Crippen LogP contribution in [0.4, 0.5) is 0 Å². The molecule has 4 rings (SSSR count). The SMILES string of the molecule is O=C(/C=C/c1ccco1)N1CC[C@]2(CCCN(CCc3ccccc3)C2)C1. The van der Waals surface area contributed by atoms with Crippen LogP contribution in [-0.4, -0.2) is 48.4 Å². The monoisotopic (exact) mass is 364 g/mol. The Hall–Kier alpha value is -2.33. The van der Waals surface area contributed by atoms with Gasteiger partial charge in [-0.2, -0.15) is 0 Å². The molecule has 27 heavy (non-hydrogen) atoms. The van der Waals surface area contributed by atoms with Crippen LogP contribution < -0.4 is 0 Å². The number of amides is 1. The number of carbonyl (C=O) groups excluding carboxylic acids is 1. The van der Waals surface area contributed by atoms with Crippen LogP contribution in [0, 0.1) is 5.41 Å². The van der Waals surface area contributed by atoms with Gasteiger partial charge in [0.1, 0.15) is 5.76 Å². The van der Waals surface area contributed by atoms with Crippen molar-refractivity contribution < 1.29 is 9.21 Å². The van der Waals surface area contributed by atoms with Crippen LogP contribution >= 0.6 is 0 Å². The van der Waals surface area contributed by atoms with Gasteiger partial charge in [-0.25, -0.2) is 0 Å². The number of nitrogens with zero attached hydrogens (tertiary/aromatic N) is 2. The van der Waals surface area contributed by atoms with Crippen molar-refractivity contribution in [3.05, 3.63) is 66.1 Å². The van der Waals surface area contributed by atoms with Crippen LogP contribution in [0.5, 0.6) is 0 Å². The van der Waals surface area contributed by atoms with E-state index < -0.39 is 0 Å². The molecule has 142 valence electrons. The van der Waals surface area contributed by atoms with Crippen LogP contribution in [-0.2, 0) is 11.2 Å². The minimum Gasteiger partial charge on any atom is -0.465 e. The van der Waals surface area contributed by atoms with E-state index in [4.69, 9.17) is 4.42 Å². The molecule has 4 nitrogen and oxygen atoms in total. The molecule has 0 saturated carbocycles. The van der Waals surface area contributed by atoms with Crippen molar-refractivity contribution in [2.45, 2.75) is 25.7 Å². The van der Waals surface area contributed by atoms with Crippen molar-refractivity contribution in [3.63, 3.8) is 0 Å². The highest BCUT2D eigenvalue weighted by Crippen LogP contribution is 2.39. The van der Waals surface area contributed by atoms with Gasteiger partial charge in [-0.1, -0.05) is 30.3 Å². The third kappa shape index (κ3) is 4.51. The molecule has 3 heterocycles. The number of piperidine rings is 1. The maximum atomic E-state index is 12.5. The van der Waals surface area contributed by atoms with Gasteiger partial charge in [0.05, 0.1) is 6.26 Å². The predicted octanol–water partition coefficient (Wildman–Crippen LogP) is 3.85. The van der Waals surface area contributed by atoms with Gasteiger partial charge >= 0.3 is 0 Å². The standard InChI is InChI=1S/C23H28N2O2/c26-22(10-9-21-8-4-17-27-21)25-16-13-23(19-25)12-5-14-24(18-23)15-11-20-6-2-1-3-7-20/h1-4,6-10,17H,5,11-16,18-19H2/b10-9+/t23-/m0/s1. The van der Waals surface area contributed by atoms with E-state index in [0.29, 0.717) is 0 Å². The fraction of sp³-hybridized carbons (Fsp3) is 0.435. The quantitative estimate of drug-likeness (QED) is 0.756. The number of benzene rings is 1. The average Bonchev–Trinajstić information content (AvgIpc) is 3.36. The van der Waals surface area contributed by atoms with E-state index in [1.54, 1.807) is 18.4 Å². The van der Waals surface area contributed by atoms with E-state index in [2.05, 4.69) is 35.2 Å². The number of rotatable bonds is 5. The van der Waals surface area contributed by atoms with Crippen LogP contribution in [0.15, 0.2) is 59.2 Å². The van der Waals surface area contributed by atoms with Gasteiger partial charge in [-0.15, -0.1) is 0 Å². The molecule has 1 aromatic carbocycles. The molecular weight excluding hydrogens is 336 g/mol. The molecule has 1 spiro atoms. The van der Waals surface area contributed by atoms with Gasteiger partial charge in [0, 0.05) is 37.7 Å². The van der Waals surface area contributed by atoms with Gasteiger partial charge in [-0.3, -0.25) is 4.79 Å². The predicted molar refractivity (Wildman–Crippen MR) is 107 cm³/mol. The first kappa shape index (κ1) is 18.1. The van der Waals surface area contributed by atoms with Crippen molar-refractivity contribution >= 4 is 12.0 Å². The lowest BCUT2D eigenvalue weighted by Gasteiger charge is -2.40. The van der Waals surface area contributed by atoms with E-state index >= 15 is 0 Å². The largest absolute Gasteiger partial charge is 0.465 e. The summed E-state index contributed by atoms with van der Waals surface area (Å²) in [5, 5.41) is 0. The summed E-state index contributed by atoms with van der Waals surface area (Å²) in [6.07, 6.45) is 9.73. The average molecular weight is 364 g/mol. The molecule has 2 fully saturated rings. The third-order valence-electron chi connectivity index (χ3n) is 5.98. The van der Waals surface area contributed by atoms with E-state index in [9.17, 15) is 4.79 Å². The summed E-state index contributed by atoms with van der Waals surface area (Å²) in [6.45, 7) is 5.16. The molecule has 4 heteroatoms. The molecule has 2 saturated heterocycles. The number of likely N-dealkylation sites (tertiary alicyclic amines) is 2. The maximum Gasteiger partial charge on any atom is 0.246 e. The zero-order chi connectivity index (χ0) is 18.5. The number of furan rings is 1. The van der Waals surface area contributed by atoms with E-state index in [0.717, 1.165) is 44.8 Å². The second-order valence-corrected chi connectivity index (χ2v) is 7.97. The molecule has 1 amide bonds. The Morgan fingerprint density at radius 3 is 2.78 bits per heavy atom.